The highest BCUT2D eigenvalue weighted by molar-refractivity contribution is 5.35. The maximum atomic E-state index is 10.2. The molecule has 0 fully saturated rings. The summed E-state index contributed by atoms with van der Waals surface area (Å²) in [6.07, 6.45) is 2.24. The summed E-state index contributed by atoms with van der Waals surface area (Å²) >= 11 is 0. The van der Waals surface area contributed by atoms with Crippen LogP contribution in [-0.2, 0) is 0 Å². The highest BCUT2D eigenvalue weighted by Crippen LogP contribution is 2.27. The van der Waals surface area contributed by atoms with E-state index >= 15 is 0 Å². The highest BCUT2D eigenvalue weighted by Gasteiger charge is 2.23. The van der Waals surface area contributed by atoms with E-state index in [2.05, 4.69) is 6.92 Å². The summed E-state index contributed by atoms with van der Waals surface area (Å²) in [7, 11) is 0. The fraction of sp³-hybridized carbons (Fsp3) is 0.600. The molecule has 102 valence electrons. The monoisotopic (exact) mass is 251 g/mol. The van der Waals surface area contributed by atoms with Gasteiger partial charge in [-0.2, -0.15) is 0 Å². The van der Waals surface area contributed by atoms with Gasteiger partial charge in [0.25, 0.3) is 0 Å². The number of nitrogens with two attached hydrogens (primary N) is 1. The number of aliphatic hydroxyl groups is 1. The summed E-state index contributed by atoms with van der Waals surface area (Å²) < 4.78 is 5.78. The minimum absolute atomic E-state index is 0.0162. The van der Waals surface area contributed by atoms with Gasteiger partial charge in [-0.1, -0.05) is 39.0 Å². The molecule has 0 radical (unpaired) electrons. The van der Waals surface area contributed by atoms with E-state index in [1.165, 1.54) is 0 Å². The largest absolute Gasteiger partial charge is 0.490 e. The molecule has 0 bridgehead atoms. The Balaban J connectivity index is 2.78. The summed E-state index contributed by atoms with van der Waals surface area (Å²) in [6.45, 7) is 6.30. The molecule has 0 saturated heterocycles. The third-order valence-electron chi connectivity index (χ3n) is 3.57. The van der Waals surface area contributed by atoms with Gasteiger partial charge in [-0.3, -0.25) is 0 Å². The lowest BCUT2D eigenvalue weighted by molar-refractivity contribution is -0.0116. The molecule has 1 aromatic rings. The normalized spacial score (nSPS) is 13.4. The Bertz CT molecular complexity index is 361. The topological polar surface area (TPSA) is 55.5 Å². The highest BCUT2D eigenvalue weighted by atomic mass is 16.5. The van der Waals surface area contributed by atoms with Crippen molar-refractivity contribution in [3.05, 3.63) is 29.8 Å². The fourth-order valence-electron chi connectivity index (χ4n) is 1.80. The van der Waals surface area contributed by atoms with Crippen molar-refractivity contribution in [2.24, 2.45) is 5.73 Å². The molecule has 0 saturated carbocycles. The first-order valence-corrected chi connectivity index (χ1v) is 6.76. The molecule has 0 heterocycles. The molecule has 0 aliphatic rings. The van der Waals surface area contributed by atoms with Gasteiger partial charge in [-0.15, -0.1) is 0 Å². The van der Waals surface area contributed by atoms with Crippen LogP contribution in [0.3, 0.4) is 0 Å². The number of benzene rings is 1. The van der Waals surface area contributed by atoms with Crippen LogP contribution in [0.15, 0.2) is 24.3 Å². The predicted octanol–water partition coefficient (Wildman–Crippen LogP) is 3.03. The number of para-hydroxylation sites is 1. The van der Waals surface area contributed by atoms with Gasteiger partial charge < -0.3 is 15.6 Å². The van der Waals surface area contributed by atoms with Crippen LogP contribution in [0, 0.1) is 0 Å². The molecule has 3 heteroatoms. The van der Waals surface area contributed by atoms with Crippen LogP contribution in [0.2, 0.25) is 0 Å². The molecule has 0 aliphatic carbocycles. The van der Waals surface area contributed by atoms with Crippen molar-refractivity contribution in [2.75, 3.05) is 6.61 Å². The molecule has 3 N–H and O–H groups in total. The van der Waals surface area contributed by atoms with E-state index < -0.39 is 5.60 Å². The van der Waals surface area contributed by atoms with E-state index in [4.69, 9.17) is 10.5 Å². The van der Waals surface area contributed by atoms with Crippen LogP contribution < -0.4 is 10.5 Å². The molecule has 0 spiro atoms. The maximum absolute atomic E-state index is 10.2. The minimum atomic E-state index is -0.747. The van der Waals surface area contributed by atoms with Gasteiger partial charge >= 0.3 is 0 Å². The molecule has 0 unspecified atom stereocenters. The summed E-state index contributed by atoms with van der Waals surface area (Å²) in [5.74, 6) is 0.784. The fourth-order valence-corrected chi connectivity index (χ4v) is 1.80. The van der Waals surface area contributed by atoms with Crippen molar-refractivity contribution in [2.45, 2.75) is 51.7 Å². The first kappa shape index (κ1) is 15.0. The van der Waals surface area contributed by atoms with Crippen molar-refractivity contribution in [3.8, 4) is 5.75 Å². The quantitative estimate of drug-likeness (QED) is 0.783. The minimum Gasteiger partial charge on any atom is -0.490 e. The molecule has 18 heavy (non-hydrogen) atoms. The third kappa shape index (κ3) is 3.72. The zero-order chi connectivity index (χ0) is 13.6. The van der Waals surface area contributed by atoms with Crippen LogP contribution in [0.1, 0.15) is 51.6 Å². The summed E-state index contributed by atoms with van der Waals surface area (Å²) in [4.78, 5) is 0. The smallest absolute Gasteiger partial charge is 0.124 e. The average Bonchev–Trinajstić information content (AvgIpc) is 2.44. The lowest BCUT2D eigenvalue weighted by Crippen LogP contribution is -2.34. The molecular weight excluding hydrogens is 226 g/mol. The Morgan fingerprint density at radius 2 is 1.83 bits per heavy atom. The Morgan fingerprint density at radius 1 is 1.22 bits per heavy atom. The summed E-state index contributed by atoms with van der Waals surface area (Å²) in [6, 6.07) is 7.77. The van der Waals surface area contributed by atoms with Crippen molar-refractivity contribution >= 4 is 0 Å². The van der Waals surface area contributed by atoms with Crippen LogP contribution in [0.5, 0.6) is 5.75 Å². The van der Waals surface area contributed by atoms with Gasteiger partial charge in [-0.25, -0.2) is 0 Å². The standard InChI is InChI=1S/C15H25NO2/c1-4-13(16)12-9-7-8-10-14(12)18-11-15(17,5-2)6-3/h7-10,13,17H,4-6,11,16H2,1-3H3/t13-/m0/s1. The molecule has 3 nitrogen and oxygen atoms in total. The van der Waals surface area contributed by atoms with Gasteiger partial charge in [0.05, 0.1) is 5.60 Å². The zero-order valence-electron chi connectivity index (χ0n) is 11.6. The SMILES string of the molecule is CC[C@H](N)c1ccccc1OCC(O)(CC)CC. The number of hydrogen-bond donors (Lipinski definition) is 2. The van der Waals surface area contributed by atoms with Gasteiger partial charge in [0, 0.05) is 11.6 Å². The first-order valence-electron chi connectivity index (χ1n) is 6.76. The predicted molar refractivity (Wildman–Crippen MR) is 74.7 cm³/mol. The van der Waals surface area contributed by atoms with E-state index in [9.17, 15) is 5.11 Å². The lowest BCUT2D eigenvalue weighted by Gasteiger charge is -2.26. The lowest BCUT2D eigenvalue weighted by atomic mass is 9.99. The molecule has 0 aromatic heterocycles. The maximum Gasteiger partial charge on any atom is 0.124 e. The number of ether oxygens (including phenoxy) is 1. The van der Waals surface area contributed by atoms with Crippen LogP contribution >= 0.6 is 0 Å². The van der Waals surface area contributed by atoms with Crippen molar-refractivity contribution in [3.63, 3.8) is 0 Å². The van der Waals surface area contributed by atoms with Crippen molar-refractivity contribution in [1.82, 2.24) is 0 Å². The molecule has 1 rings (SSSR count). The van der Waals surface area contributed by atoms with E-state index in [1.807, 2.05) is 38.1 Å². The van der Waals surface area contributed by atoms with Crippen molar-refractivity contribution in [1.29, 1.82) is 0 Å². The van der Waals surface area contributed by atoms with E-state index in [0.717, 1.165) is 17.7 Å². The second-order valence-electron chi connectivity index (χ2n) is 4.77. The summed E-state index contributed by atoms with van der Waals surface area (Å²) in [5, 5.41) is 10.2. The number of hydrogen-bond acceptors (Lipinski definition) is 3. The Labute approximate surface area is 110 Å². The Morgan fingerprint density at radius 3 is 2.39 bits per heavy atom. The summed E-state index contributed by atoms with van der Waals surface area (Å²) in [5.41, 5.74) is 6.32. The van der Waals surface area contributed by atoms with Crippen LogP contribution in [0.25, 0.3) is 0 Å². The van der Waals surface area contributed by atoms with E-state index in [1.54, 1.807) is 0 Å². The molecular formula is C15H25NO2. The van der Waals surface area contributed by atoms with Gasteiger partial charge in [0.15, 0.2) is 0 Å². The molecule has 1 atom stereocenters. The second kappa shape index (κ2) is 6.76. The van der Waals surface area contributed by atoms with Crippen molar-refractivity contribution < 1.29 is 9.84 Å². The van der Waals surface area contributed by atoms with Gasteiger partial charge in [-0.05, 0) is 25.3 Å². The van der Waals surface area contributed by atoms with Crippen LogP contribution in [-0.4, -0.2) is 17.3 Å². The molecule has 0 aliphatic heterocycles. The van der Waals surface area contributed by atoms with Crippen LogP contribution in [0.4, 0.5) is 0 Å². The van der Waals surface area contributed by atoms with Gasteiger partial charge in [0.2, 0.25) is 0 Å². The van der Waals surface area contributed by atoms with Gasteiger partial charge in [0.1, 0.15) is 12.4 Å². The Kier molecular flexibility index (Phi) is 5.63. The number of rotatable bonds is 7. The molecule has 0 amide bonds. The van der Waals surface area contributed by atoms with E-state index in [-0.39, 0.29) is 6.04 Å². The van der Waals surface area contributed by atoms with E-state index in [0.29, 0.717) is 19.4 Å². The average molecular weight is 251 g/mol. The second-order valence-corrected chi connectivity index (χ2v) is 4.77. The third-order valence-corrected chi connectivity index (χ3v) is 3.57. The molecule has 1 aromatic carbocycles. The zero-order valence-corrected chi connectivity index (χ0v) is 11.6. The first-order chi connectivity index (χ1) is 8.56. The Hall–Kier alpha value is -1.06.